The number of rotatable bonds is 6. The Labute approximate surface area is 194 Å². The molecule has 0 unspecified atom stereocenters. The summed E-state index contributed by atoms with van der Waals surface area (Å²) in [5.41, 5.74) is 4.09. The number of H-pyrrole nitrogens is 1. The smallest absolute Gasteiger partial charge is 0.337 e. The lowest BCUT2D eigenvalue weighted by Crippen LogP contribution is -2.14. The maximum Gasteiger partial charge on any atom is 0.337 e. The maximum absolute atomic E-state index is 12.5. The highest BCUT2D eigenvalue weighted by atomic mass is 32.2. The molecular formula is C26H19N3O3S. The molecule has 0 aliphatic rings. The minimum absolute atomic E-state index is 0.0192. The fraction of sp³-hybridized carbons (Fsp3) is 0.0769. The number of methoxy groups -OCH3 is 1. The molecule has 7 heteroatoms. The van der Waals surface area contributed by atoms with Gasteiger partial charge >= 0.3 is 5.97 Å². The van der Waals surface area contributed by atoms with Crippen molar-refractivity contribution in [3.05, 3.63) is 106 Å². The zero-order chi connectivity index (χ0) is 23.2. The Morgan fingerprint density at radius 2 is 1.61 bits per heavy atom. The van der Waals surface area contributed by atoms with Crippen LogP contribution in [0.15, 0.2) is 88.8 Å². The van der Waals surface area contributed by atoms with Gasteiger partial charge in [-0.1, -0.05) is 78.5 Å². The van der Waals surface area contributed by atoms with Crippen molar-refractivity contribution < 1.29 is 9.53 Å². The fourth-order valence-electron chi connectivity index (χ4n) is 3.29. The number of nitriles is 1. The van der Waals surface area contributed by atoms with E-state index in [0.29, 0.717) is 27.7 Å². The topological polar surface area (TPSA) is 95.8 Å². The first-order valence-electron chi connectivity index (χ1n) is 10.1. The van der Waals surface area contributed by atoms with Crippen LogP contribution in [0.5, 0.6) is 0 Å². The molecule has 6 nitrogen and oxygen atoms in total. The molecule has 1 aromatic heterocycles. The number of carbonyl (C=O) groups is 1. The van der Waals surface area contributed by atoms with Crippen LogP contribution in [-0.4, -0.2) is 23.0 Å². The number of benzene rings is 3. The van der Waals surface area contributed by atoms with Crippen molar-refractivity contribution >= 4 is 17.7 Å². The van der Waals surface area contributed by atoms with Crippen LogP contribution in [0.1, 0.15) is 21.5 Å². The Balaban J connectivity index is 1.58. The van der Waals surface area contributed by atoms with Gasteiger partial charge in [0.05, 0.1) is 18.4 Å². The highest BCUT2D eigenvalue weighted by Crippen LogP contribution is 2.27. The second-order valence-electron chi connectivity index (χ2n) is 7.13. The predicted octanol–water partition coefficient (Wildman–Crippen LogP) is 5.05. The highest BCUT2D eigenvalue weighted by molar-refractivity contribution is 7.98. The minimum atomic E-state index is -0.474. The molecule has 4 aromatic rings. The first kappa shape index (κ1) is 22.1. The van der Waals surface area contributed by atoms with E-state index in [-0.39, 0.29) is 5.56 Å². The Morgan fingerprint density at radius 3 is 2.24 bits per heavy atom. The van der Waals surface area contributed by atoms with E-state index in [1.807, 2.05) is 72.8 Å². The Kier molecular flexibility index (Phi) is 6.67. The van der Waals surface area contributed by atoms with E-state index in [4.69, 9.17) is 4.74 Å². The number of esters is 1. The summed E-state index contributed by atoms with van der Waals surface area (Å²) in [6.45, 7) is 0. The van der Waals surface area contributed by atoms with E-state index >= 15 is 0 Å². The van der Waals surface area contributed by atoms with Crippen LogP contribution in [0.25, 0.3) is 22.4 Å². The van der Waals surface area contributed by atoms with Gasteiger partial charge in [0.2, 0.25) is 0 Å². The average Bonchev–Trinajstić information content (AvgIpc) is 2.87. The average molecular weight is 454 g/mol. The minimum Gasteiger partial charge on any atom is -0.465 e. The van der Waals surface area contributed by atoms with E-state index in [2.05, 4.69) is 9.97 Å². The second kappa shape index (κ2) is 9.98. The highest BCUT2D eigenvalue weighted by Gasteiger charge is 2.14. The van der Waals surface area contributed by atoms with E-state index < -0.39 is 11.5 Å². The summed E-state index contributed by atoms with van der Waals surface area (Å²) in [7, 11) is 1.34. The summed E-state index contributed by atoms with van der Waals surface area (Å²) in [6, 6.07) is 26.6. The SMILES string of the molecule is COC(=O)c1ccc(CSc2nc(-c3ccc(-c4ccccc4)cc3)c(C#N)c(=O)[nH]2)cc1. The molecule has 0 saturated carbocycles. The third-order valence-corrected chi connectivity index (χ3v) is 5.97. The summed E-state index contributed by atoms with van der Waals surface area (Å²) >= 11 is 1.34. The van der Waals surface area contributed by atoms with Crippen molar-refractivity contribution in [2.45, 2.75) is 10.9 Å². The second-order valence-corrected chi connectivity index (χ2v) is 8.09. The van der Waals surface area contributed by atoms with Crippen LogP contribution in [0.3, 0.4) is 0 Å². The summed E-state index contributed by atoms with van der Waals surface area (Å²) in [4.78, 5) is 31.4. The molecule has 0 aliphatic carbocycles. The monoisotopic (exact) mass is 453 g/mol. The number of thioether (sulfide) groups is 1. The third kappa shape index (κ3) is 5.03. The number of hydrogen-bond donors (Lipinski definition) is 1. The van der Waals surface area contributed by atoms with E-state index in [1.165, 1.54) is 18.9 Å². The van der Waals surface area contributed by atoms with Crippen LogP contribution < -0.4 is 5.56 Å². The summed E-state index contributed by atoms with van der Waals surface area (Å²) < 4.78 is 4.71. The van der Waals surface area contributed by atoms with Gasteiger partial charge in [-0.2, -0.15) is 5.26 Å². The summed E-state index contributed by atoms with van der Waals surface area (Å²) in [6.07, 6.45) is 0. The van der Waals surface area contributed by atoms with Gasteiger partial charge in [0.15, 0.2) is 5.16 Å². The molecule has 0 saturated heterocycles. The number of nitrogens with one attached hydrogen (secondary N) is 1. The lowest BCUT2D eigenvalue weighted by atomic mass is 10.0. The summed E-state index contributed by atoms with van der Waals surface area (Å²) in [5.74, 6) is 0.137. The maximum atomic E-state index is 12.5. The standard InChI is InChI=1S/C26H19N3O3S/c1-32-25(31)21-9-7-17(8-10-21)16-33-26-28-23(22(15-27)24(30)29-26)20-13-11-19(12-14-20)18-5-3-2-4-6-18/h2-14H,16H2,1H3,(H,28,29,30). The molecule has 0 spiro atoms. The molecule has 1 heterocycles. The molecule has 4 rings (SSSR count). The summed E-state index contributed by atoms with van der Waals surface area (Å²) in [5, 5.41) is 9.94. The number of aromatic nitrogens is 2. The van der Waals surface area contributed by atoms with Crippen LogP contribution >= 0.6 is 11.8 Å². The van der Waals surface area contributed by atoms with Gasteiger partial charge in [-0.25, -0.2) is 9.78 Å². The number of carbonyl (C=O) groups excluding carboxylic acids is 1. The molecule has 0 radical (unpaired) electrons. The van der Waals surface area contributed by atoms with Crippen LogP contribution in [-0.2, 0) is 10.5 Å². The van der Waals surface area contributed by atoms with Gasteiger partial charge < -0.3 is 9.72 Å². The quantitative estimate of drug-likeness (QED) is 0.249. The van der Waals surface area contributed by atoms with Gasteiger partial charge in [-0.15, -0.1) is 0 Å². The van der Waals surface area contributed by atoms with Crippen molar-refractivity contribution in [1.82, 2.24) is 9.97 Å². The molecule has 1 N–H and O–H groups in total. The zero-order valence-electron chi connectivity index (χ0n) is 17.7. The Hall–Kier alpha value is -4.15. The van der Waals surface area contributed by atoms with Crippen LogP contribution in [0.4, 0.5) is 0 Å². The molecule has 0 aliphatic heterocycles. The van der Waals surface area contributed by atoms with E-state index in [9.17, 15) is 14.9 Å². The Morgan fingerprint density at radius 1 is 0.970 bits per heavy atom. The van der Waals surface area contributed by atoms with Gasteiger partial charge in [-0.05, 0) is 28.8 Å². The number of nitrogens with zero attached hydrogens (tertiary/aromatic N) is 2. The molecule has 162 valence electrons. The number of hydrogen-bond acceptors (Lipinski definition) is 6. The first-order valence-corrected chi connectivity index (χ1v) is 11.1. The molecule has 33 heavy (non-hydrogen) atoms. The van der Waals surface area contributed by atoms with Crippen LogP contribution in [0, 0.1) is 11.3 Å². The van der Waals surface area contributed by atoms with Crippen molar-refractivity contribution in [1.29, 1.82) is 5.26 Å². The lowest BCUT2D eigenvalue weighted by Gasteiger charge is -2.08. The molecule has 0 amide bonds. The predicted molar refractivity (Wildman–Crippen MR) is 128 cm³/mol. The lowest BCUT2D eigenvalue weighted by molar-refractivity contribution is 0.0600. The van der Waals surface area contributed by atoms with Crippen molar-refractivity contribution in [3.8, 4) is 28.5 Å². The third-order valence-electron chi connectivity index (χ3n) is 5.03. The molecule has 0 fully saturated rings. The van der Waals surface area contributed by atoms with Crippen molar-refractivity contribution in [2.75, 3.05) is 7.11 Å². The van der Waals surface area contributed by atoms with E-state index in [0.717, 1.165) is 16.7 Å². The first-order chi connectivity index (χ1) is 16.1. The fourth-order valence-corrected chi connectivity index (χ4v) is 4.11. The van der Waals surface area contributed by atoms with Crippen molar-refractivity contribution in [2.24, 2.45) is 0 Å². The van der Waals surface area contributed by atoms with Gasteiger partial charge in [-0.3, -0.25) is 4.79 Å². The molecule has 0 atom stereocenters. The van der Waals surface area contributed by atoms with Gasteiger partial charge in [0, 0.05) is 11.3 Å². The van der Waals surface area contributed by atoms with Crippen molar-refractivity contribution in [3.63, 3.8) is 0 Å². The number of ether oxygens (including phenoxy) is 1. The molecule has 0 bridgehead atoms. The number of aromatic amines is 1. The normalized spacial score (nSPS) is 10.4. The largest absolute Gasteiger partial charge is 0.465 e. The van der Waals surface area contributed by atoms with Gasteiger partial charge in [0.1, 0.15) is 11.6 Å². The van der Waals surface area contributed by atoms with E-state index in [1.54, 1.807) is 12.1 Å². The zero-order valence-corrected chi connectivity index (χ0v) is 18.6. The Bertz CT molecular complexity index is 1370. The molecule has 3 aromatic carbocycles. The molecular weight excluding hydrogens is 434 g/mol. The van der Waals surface area contributed by atoms with Crippen LogP contribution in [0.2, 0.25) is 0 Å². The van der Waals surface area contributed by atoms with Gasteiger partial charge in [0.25, 0.3) is 5.56 Å².